The smallest absolute Gasteiger partial charge is 0.211 e. The molecular formula is C15H23NO3S. The highest BCUT2D eigenvalue weighted by atomic mass is 32.2. The number of benzene rings is 1. The quantitative estimate of drug-likeness (QED) is 0.929. The summed E-state index contributed by atoms with van der Waals surface area (Å²) in [6, 6.07) is 5.81. The molecule has 1 atom stereocenters. The van der Waals surface area contributed by atoms with E-state index >= 15 is 0 Å². The molecule has 0 aromatic heterocycles. The van der Waals surface area contributed by atoms with Crippen LogP contribution in [0.2, 0.25) is 0 Å². The van der Waals surface area contributed by atoms with Crippen molar-refractivity contribution in [1.29, 1.82) is 0 Å². The standard InChI is InChI=1S/C15H23NO3S/c1-5-11-7-8-14-12(9-11)13(10-15(3,4)19-14)16-20(17,18)6-2/h7-9,13,16H,5-6,10H2,1-4H3. The lowest BCUT2D eigenvalue weighted by Crippen LogP contribution is -2.41. The van der Waals surface area contributed by atoms with E-state index in [1.54, 1.807) is 6.92 Å². The van der Waals surface area contributed by atoms with E-state index in [2.05, 4.69) is 11.6 Å². The predicted octanol–water partition coefficient (Wildman–Crippen LogP) is 2.79. The van der Waals surface area contributed by atoms with Gasteiger partial charge in [-0.2, -0.15) is 0 Å². The highest BCUT2D eigenvalue weighted by molar-refractivity contribution is 7.89. The third kappa shape index (κ3) is 3.33. The molecule has 5 heteroatoms. The lowest BCUT2D eigenvalue weighted by Gasteiger charge is -2.38. The Morgan fingerprint density at radius 3 is 2.65 bits per heavy atom. The Labute approximate surface area is 121 Å². The molecule has 20 heavy (non-hydrogen) atoms. The number of aryl methyl sites for hydroxylation is 1. The minimum atomic E-state index is -3.24. The first-order valence-corrected chi connectivity index (χ1v) is 8.73. The molecular weight excluding hydrogens is 274 g/mol. The highest BCUT2D eigenvalue weighted by Crippen LogP contribution is 2.40. The Balaban J connectivity index is 2.42. The van der Waals surface area contributed by atoms with Crippen LogP contribution in [0.15, 0.2) is 18.2 Å². The topological polar surface area (TPSA) is 55.4 Å². The molecule has 1 N–H and O–H groups in total. The molecule has 0 spiro atoms. The lowest BCUT2D eigenvalue weighted by molar-refractivity contribution is 0.0701. The summed E-state index contributed by atoms with van der Waals surface area (Å²) in [5, 5.41) is 0. The van der Waals surface area contributed by atoms with Crippen molar-refractivity contribution in [1.82, 2.24) is 4.72 Å². The molecule has 0 bridgehead atoms. The van der Waals surface area contributed by atoms with E-state index in [0.29, 0.717) is 6.42 Å². The van der Waals surface area contributed by atoms with E-state index in [1.165, 1.54) is 5.56 Å². The van der Waals surface area contributed by atoms with E-state index in [1.807, 2.05) is 32.0 Å². The van der Waals surface area contributed by atoms with Crippen LogP contribution in [0.3, 0.4) is 0 Å². The second-order valence-electron chi connectivity index (χ2n) is 5.87. The van der Waals surface area contributed by atoms with Gasteiger partial charge in [0.2, 0.25) is 10.0 Å². The maximum Gasteiger partial charge on any atom is 0.211 e. The number of ether oxygens (including phenoxy) is 1. The predicted molar refractivity (Wildman–Crippen MR) is 80.5 cm³/mol. The Morgan fingerprint density at radius 1 is 1.35 bits per heavy atom. The van der Waals surface area contributed by atoms with E-state index < -0.39 is 10.0 Å². The average molecular weight is 297 g/mol. The molecule has 0 radical (unpaired) electrons. The first-order chi connectivity index (χ1) is 9.26. The first kappa shape index (κ1) is 15.3. The zero-order valence-electron chi connectivity index (χ0n) is 12.6. The van der Waals surface area contributed by atoms with Crippen molar-refractivity contribution in [2.45, 2.75) is 52.2 Å². The first-order valence-electron chi connectivity index (χ1n) is 7.08. The van der Waals surface area contributed by atoms with Crippen LogP contribution >= 0.6 is 0 Å². The van der Waals surface area contributed by atoms with Gasteiger partial charge in [0, 0.05) is 12.0 Å². The summed E-state index contributed by atoms with van der Waals surface area (Å²) in [5.74, 6) is 0.871. The summed E-state index contributed by atoms with van der Waals surface area (Å²) in [5.41, 5.74) is 1.76. The minimum absolute atomic E-state index is 0.0909. The van der Waals surface area contributed by atoms with Gasteiger partial charge in [-0.05, 0) is 38.8 Å². The van der Waals surface area contributed by atoms with Crippen LogP contribution in [-0.4, -0.2) is 19.8 Å². The van der Waals surface area contributed by atoms with Crippen molar-refractivity contribution in [3.05, 3.63) is 29.3 Å². The van der Waals surface area contributed by atoms with Crippen LogP contribution in [0, 0.1) is 0 Å². The average Bonchev–Trinajstić information content (AvgIpc) is 2.37. The van der Waals surface area contributed by atoms with Crippen LogP contribution in [0.25, 0.3) is 0 Å². The second kappa shape index (κ2) is 5.37. The molecule has 1 unspecified atom stereocenters. The third-order valence-corrected chi connectivity index (χ3v) is 5.05. The van der Waals surface area contributed by atoms with Gasteiger partial charge in [-0.3, -0.25) is 0 Å². The van der Waals surface area contributed by atoms with Gasteiger partial charge in [-0.1, -0.05) is 19.1 Å². The van der Waals surface area contributed by atoms with Gasteiger partial charge >= 0.3 is 0 Å². The number of nitrogens with one attached hydrogen (secondary N) is 1. The number of rotatable bonds is 4. The maximum atomic E-state index is 11.9. The Kier molecular flexibility index (Phi) is 4.12. The van der Waals surface area contributed by atoms with Crippen LogP contribution in [0.5, 0.6) is 5.75 Å². The molecule has 4 nitrogen and oxygen atoms in total. The van der Waals surface area contributed by atoms with E-state index in [-0.39, 0.29) is 17.4 Å². The molecule has 1 aliphatic rings. The second-order valence-corrected chi connectivity index (χ2v) is 7.91. The van der Waals surface area contributed by atoms with Crippen molar-refractivity contribution < 1.29 is 13.2 Å². The van der Waals surface area contributed by atoms with Crippen LogP contribution in [-0.2, 0) is 16.4 Å². The fourth-order valence-corrected chi connectivity index (χ4v) is 3.34. The molecule has 0 saturated carbocycles. The summed E-state index contributed by atoms with van der Waals surface area (Å²) in [7, 11) is -3.24. The molecule has 1 aromatic carbocycles. The van der Waals surface area contributed by atoms with Crippen molar-refractivity contribution in [2.75, 3.05) is 5.75 Å². The summed E-state index contributed by atoms with van der Waals surface area (Å²) in [6.07, 6.45) is 1.55. The van der Waals surface area contributed by atoms with E-state index in [4.69, 9.17) is 4.74 Å². The Bertz CT molecular complexity index is 593. The van der Waals surface area contributed by atoms with Gasteiger partial charge in [0.25, 0.3) is 0 Å². The third-order valence-electron chi connectivity index (χ3n) is 3.64. The molecule has 1 aromatic rings. The molecule has 2 rings (SSSR count). The largest absolute Gasteiger partial charge is 0.487 e. The molecule has 0 saturated heterocycles. The van der Waals surface area contributed by atoms with Gasteiger partial charge in [-0.25, -0.2) is 13.1 Å². The van der Waals surface area contributed by atoms with E-state index in [0.717, 1.165) is 17.7 Å². The fourth-order valence-electron chi connectivity index (χ4n) is 2.53. The lowest BCUT2D eigenvalue weighted by atomic mass is 9.89. The highest BCUT2D eigenvalue weighted by Gasteiger charge is 2.35. The fraction of sp³-hybridized carbons (Fsp3) is 0.600. The number of fused-ring (bicyclic) bond motifs is 1. The maximum absolute atomic E-state index is 11.9. The Hall–Kier alpha value is -1.07. The van der Waals surface area contributed by atoms with Crippen molar-refractivity contribution in [3.63, 3.8) is 0 Å². The van der Waals surface area contributed by atoms with E-state index in [9.17, 15) is 8.42 Å². The molecule has 0 fully saturated rings. The van der Waals surface area contributed by atoms with Crippen LogP contribution < -0.4 is 9.46 Å². The summed E-state index contributed by atoms with van der Waals surface area (Å²) < 4.78 is 32.5. The van der Waals surface area contributed by atoms with Crippen molar-refractivity contribution >= 4 is 10.0 Å². The minimum Gasteiger partial charge on any atom is -0.487 e. The zero-order chi connectivity index (χ0) is 15.0. The van der Waals surface area contributed by atoms with Gasteiger partial charge in [0.1, 0.15) is 11.4 Å². The SMILES string of the molecule is CCc1ccc2c(c1)C(NS(=O)(=O)CC)CC(C)(C)O2. The summed E-state index contributed by atoms with van der Waals surface area (Å²) in [6.45, 7) is 7.70. The van der Waals surface area contributed by atoms with Crippen LogP contribution in [0.4, 0.5) is 0 Å². The van der Waals surface area contributed by atoms with Crippen LogP contribution in [0.1, 0.15) is 51.3 Å². The van der Waals surface area contributed by atoms with Gasteiger partial charge in [0.15, 0.2) is 0 Å². The molecule has 0 amide bonds. The molecule has 0 aliphatic carbocycles. The Morgan fingerprint density at radius 2 is 2.05 bits per heavy atom. The van der Waals surface area contributed by atoms with Gasteiger partial charge in [0.05, 0.1) is 11.8 Å². The monoisotopic (exact) mass is 297 g/mol. The normalized spacial score (nSPS) is 21.1. The van der Waals surface area contributed by atoms with Gasteiger partial charge < -0.3 is 4.74 Å². The van der Waals surface area contributed by atoms with Gasteiger partial charge in [-0.15, -0.1) is 0 Å². The summed E-state index contributed by atoms with van der Waals surface area (Å²) in [4.78, 5) is 0. The van der Waals surface area contributed by atoms with Crippen molar-refractivity contribution in [2.24, 2.45) is 0 Å². The molecule has 112 valence electrons. The molecule has 1 heterocycles. The number of hydrogen-bond donors (Lipinski definition) is 1. The number of sulfonamides is 1. The van der Waals surface area contributed by atoms with Crippen molar-refractivity contribution in [3.8, 4) is 5.75 Å². The zero-order valence-corrected chi connectivity index (χ0v) is 13.4. The molecule has 1 aliphatic heterocycles. The number of hydrogen-bond acceptors (Lipinski definition) is 3. The summed E-state index contributed by atoms with van der Waals surface area (Å²) >= 11 is 0.